The lowest BCUT2D eigenvalue weighted by atomic mass is 9.93. The third kappa shape index (κ3) is 8.55. The molecule has 1 heterocycles. The highest BCUT2D eigenvalue weighted by Gasteiger charge is 2.34. The number of aliphatic hydroxyl groups is 1. The minimum absolute atomic E-state index is 0.0104. The van der Waals surface area contributed by atoms with E-state index in [-0.39, 0.29) is 11.9 Å². The van der Waals surface area contributed by atoms with Crippen molar-refractivity contribution in [1.82, 2.24) is 5.32 Å². The van der Waals surface area contributed by atoms with E-state index in [9.17, 15) is 9.90 Å². The fourth-order valence-electron chi connectivity index (χ4n) is 3.37. The van der Waals surface area contributed by atoms with Gasteiger partial charge in [0.1, 0.15) is 6.04 Å². The molecule has 24 heavy (non-hydrogen) atoms. The van der Waals surface area contributed by atoms with Gasteiger partial charge >= 0.3 is 0 Å². The Bertz CT molecular complexity index is 396. The van der Waals surface area contributed by atoms with Crippen molar-refractivity contribution in [3.8, 4) is 0 Å². The third-order valence-electron chi connectivity index (χ3n) is 4.84. The largest absolute Gasteiger partial charge is 0.392 e. The highest BCUT2D eigenvalue weighted by atomic mass is 16.3. The van der Waals surface area contributed by atoms with E-state index in [2.05, 4.69) is 22.3 Å². The van der Waals surface area contributed by atoms with Crippen LogP contribution in [-0.2, 0) is 4.79 Å². The monoisotopic (exact) mass is 338 g/mol. The number of rotatable bonds is 13. The molecule has 6 heteroatoms. The number of hydrogen-bond donors (Lipinski definition) is 2. The van der Waals surface area contributed by atoms with Gasteiger partial charge in [-0.25, -0.2) is 0 Å². The second kappa shape index (κ2) is 13.1. The topological polar surface area (TPSA) is 98.1 Å². The molecule has 0 aliphatic carbocycles. The quantitative estimate of drug-likeness (QED) is 0.222. The molecule has 1 aliphatic rings. The van der Waals surface area contributed by atoms with Gasteiger partial charge in [0.25, 0.3) is 0 Å². The van der Waals surface area contributed by atoms with E-state index in [1.165, 1.54) is 64.2 Å². The van der Waals surface area contributed by atoms with Crippen molar-refractivity contribution in [3.63, 3.8) is 0 Å². The Hall–Kier alpha value is -1.26. The number of aliphatic hydroxyl groups excluding tert-OH is 1. The molecule has 0 spiro atoms. The van der Waals surface area contributed by atoms with Crippen molar-refractivity contribution in [3.05, 3.63) is 10.4 Å². The van der Waals surface area contributed by atoms with Gasteiger partial charge in [-0.1, -0.05) is 82.7 Å². The first-order valence-corrected chi connectivity index (χ1v) is 9.71. The summed E-state index contributed by atoms with van der Waals surface area (Å²) < 4.78 is 0. The average Bonchev–Trinajstić information content (AvgIpc) is 2.56. The number of unbranched alkanes of at least 4 members (excludes halogenated alkanes) is 10. The molecule has 1 saturated heterocycles. The summed E-state index contributed by atoms with van der Waals surface area (Å²) in [5.74, 6) is -0.348. The van der Waals surface area contributed by atoms with E-state index in [1.807, 2.05) is 0 Å². The van der Waals surface area contributed by atoms with Crippen molar-refractivity contribution in [2.75, 3.05) is 0 Å². The molecule has 0 aromatic rings. The van der Waals surface area contributed by atoms with Crippen molar-refractivity contribution in [1.29, 1.82) is 0 Å². The van der Waals surface area contributed by atoms with Gasteiger partial charge in [0.15, 0.2) is 0 Å². The van der Waals surface area contributed by atoms with E-state index < -0.39 is 12.1 Å². The minimum Gasteiger partial charge on any atom is -0.392 e. The summed E-state index contributed by atoms with van der Waals surface area (Å²) in [4.78, 5) is 14.4. The molecule has 138 valence electrons. The zero-order valence-corrected chi connectivity index (χ0v) is 15.1. The van der Waals surface area contributed by atoms with Gasteiger partial charge in [-0.2, -0.15) is 0 Å². The first kappa shape index (κ1) is 20.8. The molecule has 6 nitrogen and oxygen atoms in total. The number of nitrogens with one attached hydrogen (secondary N) is 1. The van der Waals surface area contributed by atoms with Crippen LogP contribution in [0, 0.1) is 0 Å². The fourth-order valence-corrected chi connectivity index (χ4v) is 3.37. The number of nitrogens with zero attached hydrogens (tertiary/aromatic N) is 3. The van der Waals surface area contributed by atoms with Crippen LogP contribution in [0.5, 0.6) is 0 Å². The molecular formula is C18H34N4O2. The molecule has 0 bridgehead atoms. The maximum absolute atomic E-state index is 11.8. The Kier molecular flexibility index (Phi) is 11.3. The van der Waals surface area contributed by atoms with Crippen LogP contribution in [-0.4, -0.2) is 29.2 Å². The lowest BCUT2D eigenvalue weighted by molar-refractivity contribution is -0.128. The molecule has 1 amide bonds. The Morgan fingerprint density at radius 2 is 1.62 bits per heavy atom. The molecule has 2 N–H and O–H groups in total. The lowest BCUT2D eigenvalue weighted by Gasteiger charge is -2.31. The SMILES string of the molecule is CCCCCCCCCCCCC[C@@H]1C[C@@H](O)[C@@H](N=[N+]=[N-])C(=O)N1. The van der Waals surface area contributed by atoms with Crippen molar-refractivity contribution >= 4 is 5.91 Å². The molecule has 0 radical (unpaired) electrons. The van der Waals surface area contributed by atoms with E-state index in [0.29, 0.717) is 6.42 Å². The molecular weight excluding hydrogens is 304 g/mol. The van der Waals surface area contributed by atoms with Gasteiger partial charge in [-0.3, -0.25) is 4.79 Å². The maximum atomic E-state index is 11.8. The van der Waals surface area contributed by atoms with E-state index in [4.69, 9.17) is 5.53 Å². The van der Waals surface area contributed by atoms with E-state index in [1.54, 1.807) is 0 Å². The number of carbonyl (C=O) groups is 1. The summed E-state index contributed by atoms with van der Waals surface area (Å²) in [6, 6.07) is -0.959. The van der Waals surface area contributed by atoms with Crippen LogP contribution in [0.4, 0.5) is 0 Å². The molecule has 0 saturated carbocycles. The second-order valence-corrected chi connectivity index (χ2v) is 6.98. The Labute approximate surface area is 146 Å². The molecule has 1 rings (SSSR count). The Balaban J connectivity index is 1.98. The molecule has 0 aromatic heterocycles. The van der Waals surface area contributed by atoms with Crippen molar-refractivity contribution in [2.45, 2.75) is 109 Å². The van der Waals surface area contributed by atoms with Gasteiger partial charge in [0.05, 0.1) is 6.10 Å². The number of hydrogen-bond acceptors (Lipinski definition) is 3. The minimum atomic E-state index is -0.969. The van der Waals surface area contributed by atoms with Gasteiger partial charge in [-0.15, -0.1) is 0 Å². The molecule has 0 unspecified atom stereocenters. The maximum Gasteiger partial charge on any atom is 0.231 e. The summed E-state index contributed by atoms with van der Waals surface area (Å²) in [6.07, 6.45) is 14.8. The Morgan fingerprint density at radius 1 is 1.08 bits per heavy atom. The van der Waals surface area contributed by atoms with Crippen molar-refractivity contribution in [2.24, 2.45) is 5.11 Å². The first-order chi connectivity index (χ1) is 11.7. The van der Waals surface area contributed by atoms with E-state index in [0.717, 1.165) is 12.8 Å². The highest BCUT2D eigenvalue weighted by Crippen LogP contribution is 2.19. The Morgan fingerprint density at radius 3 is 2.12 bits per heavy atom. The van der Waals surface area contributed by atoms with Crippen LogP contribution in [0.15, 0.2) is 5.11 Å². The number of amides is 1. The predicted octanol–water partition coefficient (Wildman–Crippen LogP) is 4.62. The van der Waals surface area contributed by atoms with E-state index >= 15 is 0 Å². The normalized spacial score (nSPS) is 23.6. The van der Waals surface area contributed by atoms with Crippen LogP contribution >= 0.6 is 0 Å². The summed E-state index contributed by atoms with van der Waals surface area (Å²) in [6.45, 7) is 2.25. The molecule has 1 fully saturated rings. The zero-order valence-electron chi connectivity index (χ0n) is 15.1. The third-order valence-corrected chi connectivity index (χ3v) is 4.84. The highest BCUT2D eigenvalue weighted by molar-refractivity contribution is 5.83. The van der Waals surface area contributed by atoms with Gasteiger partial charge in [0, 0.05) is 11.0 Å². The lowest BCUT2D eigenvalue weighted by Crippen LogP contribution is -2.53. The summed E-state index contributed by atoms with van der Waals surface area (Å²) in [7, 11) is 0. The fraction of sp³-hybridized carbons (Fsp3) is 0.944. The van der Waals surface area contributed by atoms with Crippen LogP contribution in [0.3, 0.4) is 0 Å². The van der Waals surface area contributed by atoms with Crippen LogP contribution in [0.25, 0.3) is 10.4 Å². The van der Waals surface area contributed by atoms with Crippen molar-refractivity contribution < 1.29 is 9.90 Å². The smallest absolute Gasteiger partial charge is 0.231 e. The molecule has 1 aliphatic heterocycles. The van der Waals surface area contributed by atoms with Crippen LogP contribution in [0.1, 0.15) is 90.4 Å². The summed E-state index contributed by atoms with van der Waals surface area (Å²) in [5, 5.41) is 16.1. The first-order valence-electron chi connectivity index (χ1n) is 9.71. The number of piperidine rings is 1. The standard InChI is InChI=1S/C18H34N4O2/c1-2-3-4-5-6-7-8-9-10-11-12-13-15-14-16(23)17(21-22-19)18(24)20-15/h15-17,23H,2-14H2,1H3,(H,20,24)/t15-,16-,17-/m1/s1. The zero-order chi connectivity index (χ0) is 17.6. The van der Waals surface area contributed by atoms with Gasteiger partial charge in [-0.05, 0) is 18.4 Å². The number of carbonyl (C=O) groups excluding carboxylic acids is 1. The van der Waals surface area contributed by atoms with Crippen LogP contribution < -0.4 is 5.32 Å². The van der Waals surface area contributed by atoms with Gasteiger partial charge in [0.2, 0.25) is 5.91 Å². The molecule has 0 aromatic carbocycles. The predicted molar refractivity (Wildman–Crippen MR) is 96.6 cm³/mol. The summed E-state index contributed by atoms with van der Waals surface area (Å²) >= 11 is 0. The second-order valence-electron chi connectivity index (χ2n) is 6.98. The van der Waals surface area contributed by atoms with Crippen LogP contribution in [0.2, 0.25) is 0 Å². The average molecular weight is 338 g/mol. The number of azide groups is 1. The summed E-state index contributed by atoms with van der Waals surface area (Å²) in [5.41, 5.74) is 8.40. The van der Waals surface area contributed by atoms with Gasteiger partial charge < -0.3 is 10.4 Å². The molecule has 3 atom stereocenters.